The number of carbonyl (C=O) groups is 1. The van der Waals surface area contributed by atoms with Gasteiger partial charge in [0.25, 0.3) is 5.91 Å². The Hall–Kier alpha value is -1.84. The monoisotopic (exact) mass is 348 g/mol. The molecule has 1 saturated heterocycles. The van der Waals surface area contributed by atoms with Crippen LogP contribution < -0.4 is 0 Å². The van der Waals surface area contributed by atoms with Crippen molar-refractivity contribution < 1.29 is 9.53 Å². The average molecular weight is 348 g/mol. The van der Waals surface area contributed by atoms with Crippen molar-refractivity contribution in [2.24, 2.45) is 0 Å². The molecular weight excluding hydrogens is 328 g/mol. The van der Waals surface area contributed by atoms with E-state index in [-0.39, 0.29) is 5.91 Å². The van der Waals surface area contributed by atoms with E-state index in [4.69, 9.17) is 4.74 Å². The first-order valence-corrected chi connectivity index (χ1v) is 9.04. The predicted octanol–water partition coefficient (Wildman–Crippen LogP) is 0.265. The van der Waals surface area contributed by atoms with Crippen molar-refractivity contribution in [3.05, 3.63) is 28.8 Å². The molecule has 0 atom stereocenters. The highest BCUT2D eigenvalue weighted by Crippen LogP contribution is 2.15. The third-order valence-electron chi connectivity index (χ3n) is 4.58. The van der Waals surface area contributed by atoms with Crippen LogP contribution in [0.4, 0.5) is 0 Å². The zero-order chi connectivity index (χ0) is 16.4. The maximum Gasteiger partial charge on any atom is 0.275 e. The number of hydrogen-bond donors (Lipinski definition) is 0. The summed E-state index contributed by atoms with van der Waals surface area (Å²) < 4.78 is 11.5. The van der Waals surface area contributed by atoms with Gasteiger partial charge in [0, 0.05) is 57.3 Å². The Balaban J connectivity index is 1.44. The van der Waals surface area contributed by atoms with Gasteiger partial charge in [0.05, 0.1) is 18.9 Å². The summed E-state index contributed by atoms with van der Waals surface area (Å²) >= 11 is 1.21. The molecule has 0 bridgehead atoms. The van der Waals surface area contributed by atoms with Crippen LogP contribution in [0.3, 0.4) is 0 Å². The summed E-state index contributed by atoms with van der Waals surface area (Å²) in [4.78, 5) is 21.3. The molecule has 0 radical (unpaired) electrons. The van der Waals surface area contributed by atoms with Crippen LogP contribution >= 0.6 is 11.5 Å². The number of fused-ring (bicyclic) bond motifs is 1. The molecule has 2 aromatic heterocycles. The molecule has 0 aromatic carbocycles. The molecule has 4 heterocycles. The molecule has 8 nitrogen and oxygen atoms in total. The number of morpholine rings is 1. The molecule has 4 rings (SSSR count). The van der Waals surface area contributed by atoms with Gasteiger partial charge in [-0.15, -0.1) is 5.10 Å². The van der Waals surface area contributed by atoms with Gasteiger partial charge in [-0.05, 0) is 11.5 Å². The molecular formula is C15H20N6O2S. The molecule has 0 N–H and O–H groups in total. The Bertz CT molecular complexity index is 695. The third kappa shape index (κ3) is 3.19. The van der Waals surface area contributed by atoms with Crippen LogP contribution in [-0.4, -0.2) is 74.2 Å². The summed E-state index contributed by atoms with van der Waals surface area (Å²) in [6, 6.07) is 0. The van der Waals surface area contributed by atoms with Crippen LogP contribution in [0, 0.1) is 0 Å². The average Bonchev–Trinajstić information content (AvgIpc) is 3.22. The van der Waals surface area contributed by atoms with Crippen molar-refractivity contribution in [1.29, 1.82) is 0 Å². The normalized spacial score (nSPS) is 19.1. The highest BCUT2D eigenvalue weighted by Gasteiger charge is 2.24. The molecule has 128 valence electrons. The predicted molar refractivity (Wildman–Crippen MR) is 87.8 cm³/mol. The van der Waals surface area contributed by atoms with Crippen LogP contribution in [0.2, 0.25) is 0 Å². The van der Waals surface area contributed by atoms with Crippen molar-refractivity contribution in [1.82, 2.24) is 28.9 Å². The van der Waals surface area contributed by atoms with Crippen molar-refractivity contribution in [2.45, 2.75) is 19.5 Å². The highest BCUT2D eigenvalue weighted by atomic mass is 32.1. The molecule has 0 unspecified atom stereocenters. The minimum atomic E-state index is -0.0377. The van der Waals surface area contributed by atoms with Crippen molar-refractivity contribution in [2.75, 3.05) is 39.4 Å². The summed E-state index contributed by atoms with van der Waals surface area (Å²) in [5, 5.41) is 5.59. The maximum atomic E-state index is 12.5. The number of aromatic nitrogens is 4. The molecule has 0 spiro atoms. The Morgan fingerprint density at radius 2 is 2.08 bits per heavy atom. The quantitative estimate of drug-likeness (QED) is 0.792. The van der Waals surface area contributed by atoms with Crippen LogP contribution in [0.15, 0.2) is 11.6 Å². The number of ether oxygens (including phenoxy) is 1. The zero-order valence-electron chi connectivity index (χ0n) is 13.4. The molecule has 0 saturated carbocycles. The van der Waals surface area contributed by atoms with Gasteiger partial charge in [-0.3, -0.25) is 9.69 Å². The fourth-order valence-corrected chi connectivity index (χ4v) is 3.66. The lowest BCUT2D eigenvalue weighted by Gasteiger charge is -2.27. The fourth-order valence-electron chi connectivity index (χ4n) is 3.23. The number of hydrogen-bond acceptors (Lipinski definition) is 7. The lowest BCUT2D eigenvalue weighted by molar-refractivity contribution is 0.0331. The highest BCUT2D eigenvalue weighted by molar-refractivity contribution is 7.03. The topological polar surface area (TPSA) is 76.4 Å². The lowest BCUT2D eigenvalue weighted by atomic mass is 10.3. The van der Waals surface area contributed by atoms with E-state index in [1.165, 1.54) is 17.2 Å². The van der Waals surface area contributed by atoms with E-state index in [9.17, 15) is 4.79 Å². The number of imidazole rings is 1. The minimum absolute atomic E-state index is 0.0377. The largest absolute Gasteiger partial charge is 0.379 e. The Labute approximate surface area is 144 Å². The van der Waals surface area contributed by atoms with Crippen LogP contribution in [0.25, 0.3) is 0 Å². The summed E-state index contributed by atoms with van der Waals surface area (Å²) in [6.45, 7) is 6.53. The van der Waals surface area contributed by atoms with Gasteiger partial charge in [-0.1, -0.05) is 4.49 Å². The standard InChI is InChI=1S/C15H20N6O2S/c22-15(13-11-24-18-17-13)20-2-1-14-16-9-12(21(14)4-3-20)10-19-5-7-23-8-6-19/h9,11H,1-8,10H2. The molecule has 9 heteroatoms. The van der Waals surface area contributed by atoms with Gasteiger partial charge < -0.3 is 14.2 Å². The van der Waals surface area contributed by atoms with Crippen molar-refractivity contribution in [3.8, 4) is 0 Å². The summed E-state index contributed by atoms with van der Waals surface area (Å²) in [5.41, 5.74) is 1.66. The second-order valence-corrected chi connectivity index (χ2v) is 6.65. The van der Waals surface area contributed by atoms with Crippen LogP contribution in [0.1, 0.15) is 22.0 Å². The SMILES string of the molecule is O=C(c1csnn1)N1CCc2ncc(CN3CCOCC3)n2CC1. The van der Waals surface area contributed by atoms with E-state index >= 15 is 0 Å². The van der Waals surface area contributed by atoms with Crippen LogP contribution in [-0.2, 0) is 24.2 Å². The Morgan fingerprint density at radius 1 is 1.21 bits per heavy atom. The van der Waals surface area contributed by atoms with Gasteiger partial charge in [0.1, 0.15) is 5.82 Å². The first-order chi connectivity index (χ1) is 11.8. The lowest BCUT2D eigenvalue weighted by Crippen LogP contribution is -2.36. The molecule has 1 fully saturated rings. The van der Waals surface area contributed by atoms with E-state index in [0.29, 0.717) is 18.8 Å². The number of amides is 1. The molecule has 0 aliphatic carbocycles. The van der Waals surface area contributed by atoms with E-state index in [1.54, 1.807) is 5.38 Å². The zero-order valence-corrected chi connectivity index (χ0v) is 14.2. The van der Waals surface area contributed by atoms with Crippen molar-refractivity contribution in [3.63, 3.8) is 0 Å². The Morgan fingerprint density at radius 3 is 2.88 bits per heavy atom. The molecule has 2 aliphatic heterocycles. The van der Waals surface area contributed by atoms with Crippen LogP contribution in [0.5, 0.6) is 0 Å². The number of rotatable bonds is 3. The van der Waals surface area contributed by atoms with Crippen molar-refractivity contribution >= 4 is 17.4 Å². The number of carbonyl (C=O) groups excluding carboxylic acids is 1. The molecule has 1 amide bonds. The summed E-state index contributed by atoms with van der Waals surface area (Å²) in [5.74, 6) is 1.02. The smallest absolute Gasteiger partial charge is 0.275 e. The van der Waals surface area contributed by atoms with E-state index in [0.717, 1.165) is 51.6 Å². The maximum absolute atomic E-state index is 12.5. The van der Waals surface area contributed by atoms with Gasteiger partial charge in [0.15, 0.2) is 5.69 Å². The van der Waals surface area contributed by atoms with Gasteiger partial charge >= 0.3 is 0 Å². The van der Waals surface area contributed by atoms with E-state index in [1.807, 2.05) is 11.1 Å². The third-order valence-corrected chi connectivity index (χ3v) is 5.08. The van der Waals surface area contributed by atoms with E-state index in [2.05, 4.69) is 24.0 Å². The Kier molecular flexibility index (Phi) is 4.54. The minimum Gasteiger partial charge on any atom is -0.379 e. The van der Waals surface area contributed by atoms with Gasteiger partial charge in [0.2, 0.25) is 0 Å². The molecule has 2 aliphatic rings. The molecule has 24 heavy (non-hydrogen) atoms. The summed E-state index contributed by atoms with van der Waals surface area (Å²) in [7, 11) is 0. The molecule has 2 aromatic rings. The second kappa shape index (κ2) is 6.96. The van der Waals surface area contributed by atoms with Gasteiger partial charge in [-0.25, -0.2) is 4.98 Å². The van der Waals surface area contributed by atoms with E-state index < -0.39 is 0 Å². The first-order valence-electron chi connectivity index (χ1n) is 8.21. The fraction of sp³-hybridized carbons (Fsp3) is 0.600. The first kappa shape index (κ1) is 15.7. The second-order valence-electron chi connectivity index (χ2n) is 6.04. The summed E-state index contributed by atoms with van der Waals surface area (Å²) in [6.07, 6.45) is 2.75. The van der Waals surface area contributed by atoms with Gasteiger partial charge in [-0.2, -0.15) is 0 Å². The number of nitrogens with zero attached hydrogens (tertiary/aromatic N) is 6.